The Morgan fingerprint density at radius 1 is 1.50 bits per heavy atom. The van der Waals surface area contributed by atoms with Crippen LogP contribution < -0.4 is 0 Å². The molecule has 2 aromatic heterocycles. The highest BCUT2D eigenvalue weighted by molar-refractivity contribution is 5.29. The Morgan fingerprint density at radius 2 is 2.35 bits per heavy atom. The van der Waals surface area contributed by atoms with Crippen LogP contribution in [0.25, 0.3) is 0 Å². The number of nitrogens with zero attached hydrogens (tertiary/aromatic N) is 2. The van der Waals surface area contributed by atoms with E-state index in [0.717, 1.165) is 42.7 Å². The molecule has 4 nitrogen and oxygen atoms in total. The molecule has 0 saturated heterocycles. The molecule has 0 fully saturated rings. The van der Waals surface area contributed by atoms with E-state index in [9.17, 15) is 5.11 Å². The van der Waals surface area contributed by atoms with Crippen molar-refractivity contribution in [3.05, 3.63) is 41.6 Å². The molecule has 1 N–H and O–H groups in total. The zero-order valence-electron chi connectivity index (χ0n) is 12.2. The molecule has 2 heterocycles. The SMILES string of the molecule is CCC(C)n1ccc(CC2(O)CCCc3occc32)n1. The number of hydrogen-bond donors (Lipinski definition) is 1. The molecule has 108 valence electrons. The Balaban J connectivity index is 1.83. The van der Waals surface area contributed by atoms with Gasteiger partial charge >= 0.3 is 0 Å². The summed E-state index contributed by atoms with van der Waals surface area (Å²) in [5.41, 5.74) is 1.07. The summed E-state index contributed by atoms with van der Waals surface area (Å²) in [5.74, 6) is 0.931. The van der Waals surface area contributed by atoms with Crippen LogP contribution in [-0.2, 0) is 18.4 Å². The lowest BCUT2D eigenvalue weighted by atomic mass is 9.80. The van der Waals surface area contributed by atoms with E-state index >= 15 is 0 Å². The second-order valence-electron chi connectivity index (χ2n) is 5.86. The predicted molar refractivity (Wildman–Crippen MR) is 76.5 cm³/mol. The van der Waals surface area contributed by atoms with E-state index in [4.69, 9.17) is 4.42 Å². The van der Waals surface area contributed by atoms with E-state index in [1.54, 1.807) is 6.26 Å². The van der Waals surface area contributed by atoms with Gasteiger partial charge in [-0.1, -0.05) is 6.92 Å². The summed E-state index contributed by atoms with van der Waals surface area (Å²) in [5, 5.41) is 15.6. The van der Waals surface area contributed by atoms with Crippen molar-refractivity contribution in [1.29, 1.82) is 0 Å². The molecule has 2 aromatic rings. The van der Waals surface area contributed by atoms with Crippen LogP contribution >= 0.6 is 0 Å². The van der Waals surface area contributed by atoms with Crippen molar-refractivity contribution >= 4 is 0 Å². The minimum atomic E-state index is -0.824. The monoisotopic (exact) mass is 274 g/mol. The lowest BCUT2D eigenvalue weighted by Gasteiger charge is -2.31. The van der Waals surface area contributed by atoms with Crippen molar-refractivity contribution in [2.24, 2.45) is 0 Å². The highest BCUT2D eigenvalue weighted by atomic mass is 16.3. The molecule has 0 saturated carbocycles. The first kappa shape index (κ1) is 13.4. The third-order valence-electron chi connectivity index (χ3n) is 4.42. The zero-order valence-corrected chi connectivity index (χ0v) is 12.2. The molecule has 1 aliphatic carbocycles. The normalized spacial score (nSPS) is 23.6. The summed E-state index contributed by atoms with van der Waals surface area (Å²) in [4.78, 5) is 0. The van der Waals surface area contributed by atoms with Gasteiger partial charge in [-0.2, -0.15) is 5.10 Å². The van der Waals surface area contributed by atoms with E-state index in [1.165, 1.54) is 0 Å². The van der Waals surface area contributed by atoms with E-state index < -0.39 is 5.60 Å². The Hall–Kier alpha value is -1.55. The molecular weight excluding hydrogens is 252 g/mol. The molecule has 1 aliphatic rings. The Labute approximate surface area is 119 Å². The average Bonchev–Trinajstić information content (AvgIpc) is 3.07. The van der Waals surface area contributed by atoms with Gasteiger partial charge in [-0.25, -0.2) is 0 Å². The van der Waals surface area contributed by atoms with Gasteiger partial charge in [0, 0.05) is 30.6 Å². The number of aromatic nitrogens is 2. The van der Waals surface area contributed by atoms with Crippen molar-refractivity contribution in [2.75, 3.05) is 0 Å². The first-order chi connectivity index (χ1) is 9.62. The standard InChI is InChI=1S/C16H22N2O2/c1-3-12(2)18-9-6-13(17-18)11-16(19)8-4-5-15-14(16)7-10-20-15/h6-7,9-10,12,19H,3-5,8,11H2,1-2H3. The molecule has 3 rings (SSSR count). The molecule has 0 spiro atoms. The Bertz CT molecular complexity index is 587. The molecule has 0 aromatic carbocycles. The Kier molecular flexibility index (Phi) is 3.42. The largest absolute Gasteiger partial charge is 0.469 e. The number of rotatable bonds is 4. The summed E-state index contributed by atoms with van der Waals surface area (Å²) in [6.45, 7) is 4.30. The predicted octanol–water partition coefficient (Wildman–Crippen LogP) is 3.21. The highest BCUT2D eigenvalue weighted by Gasteiger charge is 2.37. The van der Waals surface area contributed by atoms with Gasteiger partial charge in [0.15, 0.2) is 0 Å². The molecule has 0 aliphatic heterocycles. The Morgan fingerprint density at radius 3 is 3.15 bits per heavy atom. The van der Waals surface area contributed by atoms with E-state index in [0.29, 0.717) is 12.5 Å². The average molecular weight is 274 g/mol. The lowest BCUT2D eigenvalue weighted by molar-refractivity contribution is 0.0158. The van der Waals surface area contributed by atoms with Gasteiger partial charge in [0.05, 0.1) is 17.6 Å². The first-order valence-corrected chi connectivity index (χ1v) is 7.45. The van der Waals surface area contributed by atoms with Crippen molar-refractivity contribution in [1.82, 2.24) is 9.78 Å². The summed E-state index contributed by atoms with van der Waals surface area (Å²) >= 11 is 0. The van der Waals surface area contributed by atoms with Crippen molar-refractivity contribution in [2.45, 2.75) is 57.6 Å². The molecule has 0 bridgehead atoms. The van der Waals surface area contributed by atoms with Gasteiger partial charge in [0.25, 0.3) is 0 Å². The minimum Gasteiger partial charge on any atom is -0.469 e. The lowest BCUT2D eigenvalue weighted by Crippen LogP contribution is -2.32. The quantitative estimate of drug-likeness (QED) is 0.931. The number of furan rings is 1. The summed E-state index contributed by atoms with van der Waals surface area (Å²) < 4.78 is 7.45. The summed E-state index contributed by atoms with van der Waals surface area (Å²) in [6, 6.07) is 4.31. The maximum Gasteiger partial charge on any atom is 0.109 e. The number of aryl methyl sites for hydroxylation is 1. The summed E-state index contributed by atoms with van der Waals surface area (Å²) in [6.07, 6.45) is 7.95. The van der Waals surface area contributed by atoms with Crippen LogP contribution in [0.15, 0.2) is 29.0 Å². The third-order valence-corrected chi connectivity index (χ3v) is 4.42. The molecule has 2 atom stereocenters. The van der Waals surface area contributed by atoms with Crippen LogP contribution in [0.4, 0.5) is 0 Å². The fourth-order valence-corrected chi connectivity index (χ4v) is 3.01. The molecule has 0 amide bonds. The minimum absolute atomic E-state index is 0.397. The molecule has 2 unspecified atom stereocenters. The van der Waals surface area contributed by atoms with Crippen molar-refractivity contribution < 1.29 is 9.52 Å². The number of hydrogen-bond acceptors (Lipinski definition) is 3. The fourth-order valence-electron chi connectivity index (χ4n) is 3.01. The van der Waals surface area contributed by atoms with Gasteiger partial charge in [-0.3, -0.25) is 4.68 Å². The maximum absolute atomic E-state index is 11.0. The third kappa shape index (κ3) is 2.29. The summed E-state index contributed by atoms with van der Waals surface area (Å²) in [7, 11) is 0. The van der Waals surface area contributed by atoms with Crippen molar-refractivity contribution in [3.8, 4) is 0 Å². The van der Waals surface area contributed by atoms with Crippen LogP contribution in [0.5, 0.6) is 0 Å². The van der Waals surface area contributed by atoms with Crippen LogP contribution in [0, 0.1) is 0 Å². The zero-order chi connectivity index (χ0) is 14.2. The topological polar surface area (TPSA) is 51.2 Å². The molecule has 20 heavy (non-hydrogen) atoms. The second kappa shape index (κ2) is 5.09. The fraction of sp³-hybridized carbons (Fsp3) is 0.562. The first-order valence-electron chi connectivity index (χ1n) is 7.45. The van der Waals surface area contributed by atoms with Crippen LogP contribution in [0.1, 0.15) is 56.2 Å². The van der Waals surface area contributed by atoms with Gasteiger partial charge in [0.2, 0.25) is 0 Å². The molecule has 4 heteroatoms. The van der Waals surface area contributed by atoms with E-state index in [2.05, 4.69) is 18.9 Å². The number of fused-ring (bicyclic) bond motifs is 1. The second-order valence-corrected chi connectivity index (χ2v) is 5.86. The highest BCUT2D eigenvalue weighted by Crippen LogP contribution is 2.38. The van der Waals surface area contributed by atoms with Gasteiger partial charge in [-0.15, -0.1) is 0 Å². The van der Waals surface area contributed by atoms with Crippen LogP contribution in [0.2, 0.25) is 0 Å². The van der Waals surface area contributed by atoms with Gasteiger partial charge in [0.1, 0.15) is 5.76 Å². The van der Waals surface area contributed by atoms with E-state index in [-0.39, 0.29) is 0 Å². The number of aliphatic hydroxyl groups is 1. The molecular formula is C16H22N2O2. The van der Waals surface area contributed by atoms with Gasteiger partial charge < -0.3 is 9.52 Å². The molecule has 0 radical (unpaired) electrons. The van der Waals surface area contributed by atoms with Crippen LogP contribution in [0.3, 0.4) is 0 Å². The van der Waals surface area contributed by atoms with E-state index in [1.807, 2.05) is 23.0 Å². The van der Waals surface area contributed by atoms with Crippen molar-refractivity contribution in [3.63, 3.8) is 0 Å². The van der Waals surface area contributed by atoms with Crippen LogP contribution in [-0.4, -0.2) is 14.9 Å². The maximum atomic E-state index is 11.0. The van der Waals surface area contributed by atoms with Gasteiger partial charge in [-0.05, 0) is 38.3 Å². The smallest absolute Gasteiger partial charge is 0.109 e.